The third-order valence-electron chi connectivity index (χ3n) is 4.18. The average Bonchev–Trinajstić information content (AvgIpc) is 2.72. The second-order valence-electron chi connectivity index (χ2n) is 6.39. The molecule has 0 aliphatic heterocycles. The maximum atomic E-state index is 13.2. The minimum Gasteiger partial charge on any atom is -0.492 e. The van der Waals surface area contributed by atoms with Crippen LogP contribution in [0.3, 0.4) is 0 Å². The first kappa shape index (κ1) is 22.1. The number of ether oxygens (including phenoxy) is 1. The van der Waals surface area contributed by atoms with Crippen molar-refractivity contribution in [3.05, 3.63) is 65.2 Å². The fourth-order valence-corrected chi connectivity index (χ4v) is 2.71. The summed E-state index contributed by atoms with van der Waals surface area (Å²) >= 11 is 0. The first-order valence-corrected chi connectivity index (χ1v) is 9.50. The van der Waals surface area contributed by atoms with E-state index in [1.807, 2.05) is 44.3 Å². The molecule has 6 nitrogen and oxygen atoms in total. The molecule has 0 aliphatic carbocycles. The summed E-state index contributed by atoms with van der Waals surface area (Å²) < 4.78 is 18.9. The van der Waals surface area contributed by atoms with E-state index in [9.17, 15) is 14.4 Å². The zero-order valence-corrected chi connectivity index (χ0v) is 16.6. The van der Waals surface area contributed by atoms with E-state index in [0.29, 0.717) is 13.0 Å². The first-order chi connectivity index (χ1) is 14.1. The molecule has 2 aromatic rings. The fourth-order valence-electron chi connectivity index (χ4n) is 2.71. The Morgan fingerprint density at radius 3 is 2.69 bits per heavy atom. The first-order valence-electron chi connectivity index (χ1n) is 9.50. The van der Waals surface area contributed by atoms with Crippen molar-refractivity contribution in [1.29, 1.82) is 5.26 Å². The number of nitrogens with zero attached hydrogens (tertiary/aromatic N) is 2. The van der Waals surface area contributed by atoms with E-state index in [4.69, 9.17) is 4.74 Å². The van der Waals surface area contributed by atoms with Gasteiger partial charge in [-0.3, -0.25) is 4.79 Å². The highest BCUT2D eigenvalue weighted by Crippen LogP contribution is 2.22. The van der Waals surface area contributed by atoms with Gasteiger partial charge in [0.25, 0.3) is 5.91 Å². The number of nitrogens with one attached hydrogen (secondary N) is 2. The molecule has 0 aliphatic rings. The van der Waals surface area contributed by atoms with E-state index in [2.05, 4.69) is 15.6 Å². The molecule has 29 heavy (non-hydrogen) atoms. The van der Waals surface area contributed by atoms with Gasteiger partial charge in [0, 0.05) is 6.54 Å². The topological polar surface area (TPSA) is 87.0 Å². The van der Waals surface area contributed by atoms with Gasteiger partial charge in [-0.1, -0.05) is 31.5 Å². The minimum absolute atomic E-state index is 0.128. The van der Waals surface area contributed by atoms with Crippen molar-refractivity contribution in [3.63, 3.8) is 0 Å². The Morgan fingerprint density at radius 1 is 1.31 bits per heavy atom. The third kappa shape index (κ3) is 7.01. The largest absolute Gasteiger partial charge is 0.492 e. The van der Waals surface area contributed by atoms with Crippen molar-refractivity contribution in [2.75, 3.05) is 20.2 Å². The van der Waals surface area contributed by atoms with Crippen LogP contribution in [0.2, 0.25) is 0 Å². The van der Waals surface area contributed by atoms with Gasteiger partial charge in [0.1, 0.15) is 24.0 Å². The molecule has 1 atom stereocenters. The highest BCUT2D eigenvalue weighted by atomic mass is 19.1. The average molecular weight is 396 g/mol. The van der Waals surface area contributed by atoms with Gasteiger partial charge in [0.05, 0.1) is 11.7 Å². The van der Waals surface area contributed by atoms with E-state index in [1.54, 1.807) is 0 Å². The second-order valence-corrected chi connectivity index (χ2v) is 6.39. The monoisotopic (exact) mass is 396 g/mol. The molecular weight excluding hydrogens is 371 g/mol. The summed E-state index contributed by atoms with van der Waals surface area (Å²) in [6.45, 7) is 3.33. The molecule has 152 valence electrons. The van der Waals surface area contributed by atoms with Gasteiger partial charge in [-0.2, -0.15) is 9.65 Å². The quantitative estimate of drug-likeness (QED) is 0.278. The maximum Gasteiger partial charge on any atom is 0.262 e. The maximum absolute atomic E-state index is 13.2. The predicted molar refractivity (Wildman–Crippen MR) is 109 cm³/mol. The van der Waals surface area contributed by atoms with Crippen LogP contribution in [0.5, 0.6) is 5.75 Å². The van der Waals surface area contributed by atoms with Crippen molar-refractivity contribution in [1.82, 2.24) is 15.6 Å². The van der Waals surface area contributed by atoms with Crippen LogP contribution in [-0.2, 0) is 4.79 Å². The van der Waals surface area contributed by atoms with Crippen LogP contribution in [-0.4, -0.2) is 31.1 Å². The molecule has 1 aromatic carbocycles. The van der Waals surface area contributed by atoms with Gasteiger partial charge in [0.15, 0.2) is 0 Å². The van der Waals surface area contributed by atoms with E-state index < -0.39 is 11.9 Å². The third-order valence-corrected chi connectivity index (χ3v) is 4.18. The number of aromatic nitrogens is 1. The fraction of sp³-hybridized carbons (Fsp3) is 0.318. The summed E-state index contributed by atoms with van der Waals surface area (Å²) in [5, 5.41) is 15.3. The Bertz CT molecular complexity index is 875. The molecular formula is C22H25FN4O2. The number of carbonyl (C=O) groups excluding carboxylic acids is 1. The van der Waals surface area contributed by atoms with Crippen molar-refractivity contribution in [2.24, 2.45) is 0 Å². The number of halogens is 1. The second kappa shape index (κ2) is 11.6. The molecule has 0 saturated heterocycles. The molecule has 1 aromatic heterocycles. The number of pyridine rings is 1. The van der Waals surface area contributed by atoms with E-state index in [0.717, 1.165) is 24.3 Å². The standard InChI is InChI=1S/C22H25FN4O2/c1-3-5-20(16-8-10-19(11-9-16)29-13-12-25-2)27-22(28)17(15-24)14-18-6-4-7-21(23)26-18/h4,6-11,14,20,25H,3,5,12-13H2,1-2H3,(H,27,28). The number of hydrogen-bond donors (Lipinski definition) is 2. The van der Waals surface area contributed by atoms with Gasteiger partial charge in [0.2, 0.25) is 5.95 Å². The van der Waals surface area contributed by atoms with Gasteiger partial charge in [-0.15, -0.1) is 0 Å². The number of carbonyl (C=O) groups is 1. The summed E-state index contributed by atoms with van der Waals surface area (Å²) in [5.41, 5.74) is 1.00. The number of amides is 1. The lowest BCUT2D eigenvalue weighted by Crippen LogP contribution is -2.29. The smallest absolute Gasteiger partial charge is 0.262 e. The molecule has 0 saturated carbocycles. The Hall–Kier alpha value is -3.24. The minimum atomic E-state index is -0.669. The van der Waals surface area contributed by atoms with Crippen LogP contribution in [0, 0.1) is 17.3 Å². The van der Waals surface area contributed by atoms with Crippen LogP contribution >= 0.6 is 0 Å². The molecule has 1 unspecified atom stereocenters. The summed E-state index contributed by atoms with van der Waals surface area (Å²) in [6.07, 6.45) is 2.84. The summed E-state index contributed by atoms with van der Waals surface area (Å²) in [7, 11) is 1.86. The number of nitriles is 1. The molecule has 0 bridgehead atoms. The van der Waals surface area contributed by atoms with Crippen LogP contribution in [0.1, 0.15) is 37.1 Å². The summed E-state index contributed by atoms with van der Waals surface area (Å²) in [4.78, 5) is 16.3. The molecule has 7 heteroatoms. The molecule has 0 radical (unpaired) electrons. The Labute approximate surface area is 170 Å². The Morgan fingerprint density at radius 2 is 2.07 bits per heavy atom. The SMILES string of the molecule is CCCC(NC(=O)C(C#N)=Cc1cccc(F)n1)c1ccc(OCCNC)cc1. The predicted octanol–water partition coefficient (Wildman–Crippen LogP) is 3.38. The van der Waals surface area contributed by atoms with Crippen LogP contribution < -0.4 is 15.4 Å². The highest BCUT2D eigenvalue weighted by Gasteiger charge is 2.17. The number of benzene rings is 1. The molecule has 2 N–H and O–H groups in total. The lowest BCUT2D eigenvalue weighted by atomic mass is 10.0. The van der Waals surface area contributed by atoms with E-state index in [-0.39, 0.29) is 17.3 Å². The Kier molecular flexibility index (Phi) is 8.80. The zero-order chi connectivity index (χ0) is 21.1. The zero-order valence-electron chi connectivity index (χ0n) is 16.6. The van der Waals surface area contributed by atoms with Crippen LogP contribution in [0.25, 0.3) is 6.08 Å². The Balaban J connectivity index is 2.12. The number of hydrogen-bond acceptors (Lipinski definition) is 5. The van der Waals surface area contributed by atoms with Gasteiger partial charge in [-0.25, -0.2) is 4.98 Å². The van der Waals surface area contributed by atoms with E-state index in [1.165, 1.54) is 24.3 Å². The number of likely N-dealkylation sites (N-methyl/N-ethyl adjacent to an activating group) is 1. The van der Waals surface area contributed by atoms with E-state index >= 15 is 0 Å². The molecule has 1 heterocycles. The number of rotatable bonds is 10. The lowest BCUT2D eigenvalue weighted by molar-refractivity contribution is -0.117. The van der Waals surface area contributed by atoms with Gasteiger partial charge >= 0.3 is 0 Å². The summed E-state index contributed by atoms with van der Waals surface area (Å²) in [5.74, 6) is -0.441. The molecule has 0 spiro atoms. The van der Waals surface area contributed by atoms with Crippen molar-refractivity contribution in [3.8, 4) is 11.8 Å². The molecule has 2 rings (SSSR count). The highest BCUT2D eigenvalue weighted by molar-refractivity contribution is 6.01. The molecule has 1 amide bonds. The van der Waals surface area contributed by atoms with Gasteiger partial charge in [-0.05, 0) is 49.4 Å². The normalized spacial score (nSPS) is 12.1. The molecule has 0 fully saturated rings. The van der Waals surface area contributed by atoms with Crippen LogP contribution in [0.15, 0.2) is 48.0 Å². The van der Waals surface area contributed by atoms with Crippen molar-refractivity contribution >= 4 is 12.0 Å². The van der Waals surface area contributed by atoms with Crippen LogP contribution in [0.4, 0.5) is 4.39 Å². The van der Waals surface area contributed by atoms with Crippen molar-refractivity contribution in [2.45, 2.75) is 25.8 Å². The van der Waals surface area contributed by atoms with Gasteiger partial charge < -0.3 is 15.4 Å². The van der Waals surface area contributed by atoms with Crippen molar-refractivity contribution < 1.29 is 13.9 Å². The lowest BCUT2D eigenvalue weighted by Gasteiger charge is -2.19. The summed E-state index contributed by atoms with van der Waals surface area (Å²) in [6, 6.07) is 13.3.